The number of aromatic nitrogens is 1. The van der Waals surface area contributed by atoms with Crippen molar-refractivity contribution < 1.29 is 19.1 Å². The third kappa shape index (κ3) is 3.43. The number of oxazole rings is 1. The average molecular weight is 330 g/mol. The van der Waals surface area contributed by atoms with Crippen molar-refractivity contribution >= 4 is 5.91 Å². The number of aliphatic hydroxyl groups is 1. The fourth-order valence-corrected chi connectivity index (χ4v) is 3.14. The van der Waals surface area contributed by atoms with Gasteiger partial charge < -0.3 is 19.2 Å². The predicted molar refractivity (Wildman–Crippen MR) is 87.8 cm³/mol. The number of aryl methyl sites for hydroxylation is 1. The molecule has 1 aliphatic rings. The van der Waals surface area contributed by atoms with Crippen LogP contribution >= 0.6 is 0 Å². The van der Waals surface area contributed by atoms with Crippen LogP contribution < -0.4 is 4.74 Å². The van der Waals surface area contributed by atoms with Gasteiger partial charge in [-0.1, -0.05) is 18.2 Å². The zero-order valence-corrected chi connectivity index (χ0v) is 13.9. The Morgan fingerprint density at radius 1 is 1.33 bits per heavy atom. The van der Waals surface area contributed by atoms with Crippen molar-refractivity contribution in [1.29, 1.82) is 0 Å². The van der Waals surface area contributed by atoms with Gasteiger partial charge in [-0.2, -0.15) is 0 Å². The van der Waals surface area contributed by atoms with E-state index in [9.17, 15) is 9.90 Å². The van der Waals surface area contributed by atoms with Crippen LogP contribution in [0.4, 0.5) is 0 Å². The zero-order chi connectivity index (χ0) is 17.1. The van der Waals surface area contributed by atoms with Gasteiger partial charge in [-0.3, -0.25) is 4.79 Å². The van der Waals surface area contributed by atoms with E-state index in [2.05, 4.69) is 4.98 Å². The summed E-state index contributed by atoms with van der Waals surface area (Å²) in [7, 11) is 1.69. The van der Waals surface area contributed by atoms with Crippen LogP contribution in [-0.4, -0.2) is 46.2 Å². The van der Waals surface area contributed by atoms with Crippen molar-refractivity contribution in [2.75, 3.05) is 7.05 Å². The van der Waals surface area contributed by atoms with Crippen molar-refractivity contribution in [1.82, 2.24) is 9.88 Å². The third-order valence-electron chi connectivity index (χ3n) is 4.45. The van der Waals surface area contributed by atoms with Crippen LogP contribution in [0, 0.1) is 6.92 Å². The monoisotopic (exact) mass is 330 g/mol. The first-order valence-corrected chi connectivity index (χ1v) is 8.15. The standard InChI is InChI=1S/C18H22N2O4/c1-12-19-14(11-23-12)18(22)20(2)15-9-6-10-16(17(15)21)24-13-7-4-3-5-8-13/h3-5,7-8,11,15-17,21H,6,9-10H2,1-2H3/t15-,16-,17-/m1/s1. The highest BCUT2D eigenvalue weighted by Gasteiger charge is 2.38. The molecule has 0 bridgehead atoms. The van der Waals surface area contributed by atoms with Crippen molar-refractivity contribution in [3.05, 3.63) is 48.2 Å². The lowest BCUT2D eigenvalue weighted by Crippen LogP contribution is -2.53. The number of hydrogen-bond donors (Lipinski definition) is 1. The van der Waals surface area contributed by atoms with Crippen LogP contribution in [0.25, 0.3) is 0 Å². The number of aliphatic hydroxyl groups excluding tert-OH is 1. The van der Waals surface area contributed by atoms with Crippen molar-refractivity contribution in [3.8, 4) is 5.75 Å². The van der Waals surface area contributed by atoms with E-state index < -0.39 is 6.10 Å². The lowest BCUT2D eigenvalue weighted by molar-refractivity contribution is -0.0414. The molecule has 0 spiro atoms. The maximum atomic E-state index is 12.5. The van der Waals surface area contributed by atoms with E-state index in [0.717, 1.165) is 25.0 Å². The fourth-order valence-electron chi connectivity index (χ4n) is 3.14. The van der Waals surface area contributed by atoms with E-state index in [4.69, 9.17) is 9.15 Å². The van der Waals surface area contributed by atoms with Gasteiger partial charge in [-0.15, -0.1) is 0 Å². The number of para-hydroxylation sites is 1. The van der Waals surface area contributed by atoms with Gasteiger partial charge >= 0.3 is 0 Å². The Labute approximate surface area is 141 Å². The third-order valence-corrected chi connectivity index (χ3v) is 4.45. The van der Waals surface area contributed by atoms with Crippen molar-refractivity contribution in [3.63, 3.8) is 0 Å². The Morgan fingerprint density at radius 3 is 2.75 bits per heavy atom. The van der Waals surface area contributed by atoms with Gasteiger partial charge in [0.05, 0.1) is 6.04 Å². The molecule has 3 rings (SSSR count). The number of nitrogens with zero attached hydrogens (tertiary/aromatic N) is 2. The van der Waals surface area contributed by atoms with Crippen molar-refractivity contribution in [2.45, 2.75) is 44.4 Å². The normalized spacial score (nSPS) is 23.7. The molecule has 1 saturated carbocycles. The van der Waals surface area contributed by atoms with Gasteiger partial charge in [-0.25, -0.2) is 4.98 Å². The summed E-state index contributed by atoms with van der Waals surface area (Å²) in [4.78, 5) is 18.1. The SMILES string of the molecule is Cc1nc(C(=O)N(C)[C@@H]2CCC[C@@H](Oc3ccccc3)[C@@H]2O)co1. The molecule has 1 fully saturated rings. The van der Waals surface area contributed by atoms with E-state index in [-0.39, 0.29) is 23.7 Å². The first-order valence-electron chi connectivity index (χ1n) is 8.15. The molecule has 6 heteroatoms. The minimum Gasteiger partial charge on any atom is -0.488 e. The summed E-state index contributed by atoms with van der Waals surface area (Å²) in [6, 6.07) is 9.12. The summed E-state index contributed by atoms with van der Waals surface area (Å²) < 4.78 is 11.0. The molecule has 128 valence electrons. The summed E-state index contributed by atoms with van der Waals surface area (Å²) in [6.07, 6.45) is 2.64. The molecule has 0 saturated heterocycles. The minimum atomic E-state index is -0.749. The number of benzene rings is 1. The maximum Gasteiger partial charge on any atom is 0.275 e. The van der Waals surface area contributed by atoms with Crippen LogP contribution in [0.1, 0.15) is 35.6 Å². The number of hydrogen-bond acceptors (Lipinski definition) is 5. The second kappa shape index (κ2) is 7.05. The predicted octanol–water partition coefficient (Wildman–Crippen LogP) is 2.42. The quantitative estimate of drug-likeness (QED) is 0.932. The molecule has 1 aromatic carbocycles. The topological polar surface area (TPSA) is 75.8 Å². The molecule has 0 aliphatic heterocycles. The van der Waals surface area contributed by atoms with E-state index in [0.29, 0.717) is 5.89 Å². The number of amides is 1. The summed E-state index contributed by atoms with van der Waals surface area (Å²) in [5.74, 6) is 0.917. The number of carbonyl (C=O) groups excluding carboxylic acids is 1. The molecule has 1 aliphatic carbocycles. The molecule has 1 N–H and O–H groups in total. The highest BCUT2D eigenvalue weighted by molar-refractivity contribution is 5.92. The molecule has 3 atom stereocenters. The van der Waals surface area contributed by atoms with Gasteiger partial charge in [-0.05, 0) is 31.4 Å². The highest BCUT2D eigenvalue weighted by atomic mass is 16.5. The Balaban J connectivity index is 1.70. The number of carbonyl (C=O) groups is 1. The summed E-state index contributed by atoms with van der Waals surface area (Å²) in [6.45, 7) is 1.69. The van der Waals surface area contributed by atoms with Crippen LogP contribution in [0.2, 0.25) is 0 Å². The smallest absolute Gasteiger partial charge is 0.275 e. The van der Waals surface area contributed by atoms with Crippen LogP contribution in [-0.2, 0) is 0 Å². The van der Waals surface area contributed by atoms with E-state index in [1.54, 1.807) is 18.9 Å². The number of likely N-dealkylation sites (N-methyl/N-ethyl adjacent to an activating group) is 1. The van der Waals surface area contributed by atoms with E-state index in [1.807, 2.05) is 30.3 Å². The summed E-state index contributed by atoms with van der Waals surface area (Å²) in [5.41, 5.74) is 0.258. The Hall–Kier alpha value is -2.34. The summed E-state index contributed by atoms with van der Waals surface area (Å²) in [5, 5.41) is 10.7. The number of rotatable bonds is 4. The second-order valence-electron chi connectivity index (χ2n) is 6.13. The molecular formula is C18H22N2O4. The Kier molecular flexibility index (Phi) is 4.85. The minimum absolute atomic E-state index is 0.253. The van der Waals surface area contributed by atoms with Crippen LogP contribution in [0.5, 0.6) is 5.75 Å². The second-order valence-corrected chi connectivity index (χ2v) is 6.13. The van der Waals surface area contributed by atoms with E-state index in [1.165, 1.54) is 6.26 Å². The van der Waals surface area contributed by atoms with Crippen LogP contribution in [0.3, 0.4) is 0 Å². The molecule has 0 radical (unpaired) electrons. The molecule has 24 heavy (non-hydrogen) atoms. The molecule has 1 heterocycles. The van der Waals surface area contributed by atoms with E-state index >= 15 is 0 Å². The fraction of sp³-hybridized carbons (Fsp3) is 0.444. The highest BCUT2D eigenvalue weighted by Crippen LogP contribution is 2.27. The van der Waals surface area contributed by atoms with Gasteiger partial charge in [0, 0.05) is 14.0 Å². The van der Waals surface area contributed by atoms with Gasteiger partial charge in [0.2, 0.25) is 0 Å². The molecule has 6 nitrogen and oxygen atoms in total. The van der Waals surface area contributed by atoms with Gasteiger partial charge in [0.25, 0.3) is 5.91 Å². The lowest BCUT2D eigenvalue weighted by Gasteiger charge is -2.39. The van der Waals surface area contributed by atoms with Gasteiger partial charge in [0.1, 0.15) is 24.2 Å². The maximum absolute atomic E-state index is 12.5. The average Bonchev–Trinajstić information content (AvgIpc) is 3.03. The zero-order valence-electron chi connectivity index (χ0n) is 13.9. The molecule has 1 aromatic heterocycles. The number of ether oxygens (including phenoxy) is 1. The molecular weight excluding hydrogens is 308 g/mol. The molecule has 2 aromatic rings. The first-order chi connectivity index (χ1) is 11.6. The Bertz CT molecular complexity index is 685. The van der Waals surface area contributed by atoms with Gasteiger partial charge in [0.15, 0.2) is 11.6 Å². The first kappa shape index (κ1) is 16.5. The van der Waals surface area contributed by atoms with Crippen LogP contribution in [0.15, 0.2) is 41.0 Å². The largest absolute Gasteiger partial charge is 0.488 e. The summed E-state index contributed by atoms with van der Waals surface area (Å²) >= 11 is 0. The Morgan fingerprint density at radius 2 is 2.08 bits per heavy atom. The van der Waals surface area contributed by atoms with Crippen molar-refractivity contribution in [2.24, 2.45) is 0 Å². The lowest BCUT2D eigenvalue weighted by atomic mass is 9.88. The molecule has 1 amide bonds. The molecule has 0 unspecified atom stereocenters.